The largest absolute Gasteiger partial charge is 0.352 e. The number of primary amides is 1. The monoisotopic (exact) mass is 266 g/mol. The SMILES string of the molecule is CC(C(=O)N1CCCC(CNC(N)=O)C1)=C1CNC1. The van der Waals surface area contributed by atoms with Gasteiger partial charge in [-0.2, -0.15) is 0 Å². The maximum Gasteiger partial charge on any atom is 0.312 e. The van der Waals surface area contributed by atoms with Crippen molar-refractivity contribution in [2.45, 2.75) is 19.8 Å². The Balaban J connectivity index is 1.89. The number of nitrogens with one attached hydrogen (secondary N) is 2. The van der Waals surface area contributed by atoms with Gasteiger partial charge in [-0.3, -0.25) is 4.79 Å². The molecule has 2 heterocycles. The number of hydrogen-bond donors (Lipinski definition) is 3. The maximum absolute atomic E-state index is 12.3. The number of carbonyl (C=O) groups excluding carboxylic acids is 2. The standard InChI is InChI=1S/C13H22N4O2/c1-9(11-6-15-7-11)12(18)17-4-2-3-10(8-17)5-16-13(14)19/h10,15H,2-8H2,1H3,(H3,14,16,19). The highest BCUT2D eigenvalue weighted by Crippen LogP contribution is 2.19. The van der Waals surface area contributed by atoms with Crippen molar-refractivity contribution in [2.75, 3.05) is 32.7 Å². The summed E-state index contributed by atoms with van der Waals surface area (Å²) < 4.78 is 0. The molecule has 6 nitrogen and oxygen atoms in total. The summed E-state index contributed by atoms with van der Waals surface area (Å²) in [5.74, 6) is 0.447. The van der Waals surface area contributed by atoms with Gasteiger partial charge in [-0.05, 0) is 31.3 Å². The lowest BCUT2D eigenvalue weighted by atomic mass is 9.96. The van der Waals surface area contributed by atoms with E-state index in [0.29, 0.717) is 19.0 Å². The van der Waals surface area contributed by atoms with Crippen LogP contribution in [0.5, 0.6) is 0 Å². The first-order valence-electron chi connectivity index (χ1n) is 6.80. The number of hydrogen-bond acceptors (Lipinski definition) is 3. The summed E-state index contributed by atoms with van der Waals surface area (Å²) in [7, 11) is 0. The van der Waals surface area contributed by atoms with Gasteiger partial charge in [0, 0.05) is 38.3 Å². The molecule has 3 amide bonds. The van der Waals surface area contributed by atoms with Crippen molar-refractivity contribution in [1.82, 2.24) is 15.5 Å². The highest BCUT2D eigenvalue weighted by Gasteiger charge is 2.26. The fraction of sp³-hybridized carbons (Fsp3) is 0.692. The van der Waals surface area contributed by atoms with E-state index in [1.165, 1.54) is 5.57 Å². The molecule has 0 spiro atoms. The first-order chi connectivity index (χ1) is 9.08. The lowest BCUT2D eigenvalue weighted by Crippen LogP contribution is -2.46. The molecule has 1 unspecified atom stereocenters. The minimum atomic E-state index is -0.498. The van der Waals surface area contributed by atoms with E-state index in [2.05, 4.69) is 10.6 Å². The summed E-state index contributed by atoms with van der Waals surface area (Å²) in [4.78, 5) is 25.0. The Hall–Kier alpha value is -1.56. The number of piperidine rings is 1. The molecular weight excluding hydrogens is 244 g/mol. The molecule has 0 saturated carbocycles. The molecule has 2 aliphatic heterocycles. The molecule has 2 fully saturated rings. The van der Waals surface area contributed by atoms with Gasteiger partial charge in [0.25, 0.3) is 0 Å². The van der Waals surface area contributed by atoms with E-state index in [1.807, 2.05) is 11.8 Å². The lowest BCUT2D eigenvalue weighted by molar-refractivity contribution is -0.128. The fourth-order valence-corrected chi connectivity index (χ4v) is 2.56. The van der Waals surface area contributed by atoms with Crippen molar-refractivity contribution in [3.63, 3.8) is 0 Å². The first-order valence-corrected chi connectivity index (χ1v) is 6.80. The van der Waals surface area contributed by atoms with Crippen molar-refractivity contribution in [3.05, 3.63) is 11.1 Å². The summed E-state index contributed by atoms with van der Waals surface area (Å²) in [6.45, 7) is 5.64. The van der Waals surface area contributed by atoms with Gasteiger partial charge in [0.2, 0.25) is 5.91 Å². The third-order valence-corrected chi connectivity index (χ3v) is 3.90. The maximum atomic E-state index is 12.3. The second-order valence-corrected chi connectivity index (χ2v) is 5.34. The van der Waals surface area contributed by atoms with Crippen molar-refractivity contribution in [2.24, 2.45) is 11.7 Å². The molecule has 2 rings (SSSR count). The zero-order chi connectivity index (χ0) is 13.8. The van der Waals surface area contributed by atoms with Crippen LogP contribution in [0.3, 0.4) is 0 Å². The molecule has 106 valence electrons. The molecule has 2 aliphatic rings. The van der Waals surface area contributed by atoms with E-state index >= 15 is 0 Å². The number of carbonyl (C=O) groups is 2. The van der Waals surface area contributed by atoms with E-state index in [9.17, 15) is 9.59 Å². The van der Waals surface area contributed by atoms with Crippen LogP contribution in [0.2, 0.25) is 0 Å². The highest BCUT2D eigenvalue weighted by atomic mass is 16.2. The molecular formula is C13H22N4O2. The van der Waals surface area contributed by atoms with Crippen LogP contribution in [0.25, 0.3) is 0 Å². The molecule has 0 aromatic heterocycles. The summed E-state index contributed by atoms with van der Waals surface area (Å²) in [6.07, 6.45) is 2.01. The average Bonchev–Trinajstić information content (AvgIpc) is 2.33. The molecule has 0 aromatic carbocycles. The van der Waals surface area contributed by atoms with Crippen LogP contribution in [-0.4, -0.2) is 49.6 Å². The van der Waals surface area contributed by atoms with Gasteiger partial charge in [0.15, 0.2) is 0 Å². The van der Waals surface area contributed by atoms with Crippen LogP contribution < -0.4 is 16.4 Å². The zero-order valence-corrected chi connectivity index (χ0v) is 11.4. The predicted molar refractivity (Wildman–Crippen MR) is 72.5 cm³/mol. The van der Waals surface area contributed by atoms with Crippen LogP contribution in [0.15, 0.2) is 11.1 Å². The van der Waals surface area contributed by atoms with Crippen molar-refractivity contribution in [1.29, 1.82) is 0 Å². The highest BCUT2D eigenvalue weighted by molar-refractivity contribution is 5.94. The predicted octanol–water partition coefficient (Wildman–Crippen LogP) is -0.187. The Morgan fingerprint density at radius 1 is 1.47 bits per heavy atom. The van der Waals surface area contributed by atoms with Crippen molar-refractivity contribution < 1.29 is 9.59 Å². The van der Waals surface area contributed by atoms with Gasteiger partial charge < -0.3 is 21.3 Å². The second kappa shape index (κ2) is 6.06. The van der Waals surface area contributed by atoms with E-state index < -0.39 is 6.03 Å². The summed E-state index contributed by atoms with van der Waals surface area (Å²) in [5, 5.41) is 5.78. The fourth-order valence-electron chi connectivity index (χ4n) is 2.56. The van der Waals surface area contributed by atoms with Crippen LogP contribution in [-0.2, 0) is 4.79 Å². The van der Waals surface area contributed by atoms with Gasteiger partial charge in [0.1, 0.15) is 0 Å². The minimum Gasteiger partial charge on any atom is -0.352 e. The smallest absolute Gasteiger partial charge is 0.312 e. The topological polar surface area (TPSA) is 87.5 Å². The van der Waals surface area contributed by atoms with E-state index in [0.717, 1.165) is 38.0 Å². The number of nitrogens with zero attached hydrogens (tertiary/aromatic N) is 1. The van der Waals surface area contributed by atoms with Crippen molar-refractivity contribution in [3.8, 4) is 0 Å². The molecule has 6 heteroatoms. The quantitative estimate of drug-likeness (QED) is 0.619. The van der Waals surface area contributed by atoms with Crippen LogP contribution in [0.4, 0.5) is 4.79 Å². The Labute approximate surface area is 113 Å². The van der Waals surface area contributed by atoms with Gasteiger partial charge in [-0.25, -0.2) is 4.79 Å². The molecule has 2 saturated heterocycles. The Kier molecular flexibility index (Phi) is 4.42. The molecule has 0 bridgehead atoms. The second-order valence-electron chi connectivity index (χ2n) is 5.34. The van der Waals surface area contributed by atoms with Crippen molar-refractivity contribution >= 4 is 11.9 Å². The van der Waals surface area contributed by atoms with E-state index in [-0.39, 0.29) is 5.91 Å². The number of rotatable bonds is 3. The van der Waals surface area contributed by atoms with Crippen LogP contribution >= 0.6 is 0 Å². The number of nitrogens with two attached hydrogens (primary N) is 1. The van der Waals surface area contributed by atoms with Gasteiger partial charge in [-0.15, -0.1) is 0 Å². The third kappa shape index (κ3) is 3.47. The molecule has 0 aromatic rings. The van der Waals surface area contributed by atoms with Gasteiger partial charge >= 0.3 is 6.03 Å². The normalized spacial score (nSPS) is 22.7. The molecule has 0 radical (unpaired) electrons. The molecule has 1 atom stereocenters. The van der Waals surface area contributed by atoms with Crippen LogP contribution in [0, 0.1) is 5.92 Å². The first kappa shape index (κ1) is 13.9. The van der Waals surface area contributed by atoms with E-state index in [4.69, 9.17) is 5.73 Å². The summed E-state index contributed by atoms with van der Waals surface area (Å²) >= 11 is 0. The Bertz CT molecular complexity index is 399. The Morgan fingerprint density at radius 2 is 2.21 bits per heavy atom. The minimum absolute atomic E-state index is 0.139. The molecule has 19 heavy (non-hydrogen) atoms. The summed E-state index contributed by atoms with van der Waals surface area (Å²) in [5.41, 5.74) is 7.16. The van der Waals surface area contributed by atoms with Crippen LogP contribution in [0.1, 0.15) is 19.8 Å². The number of likely N-dealkylation sites (tertiary alicyclic amines) is 1. The number of amides is 3. The zero-order valence-electron chi connectivity index (χ0n) is 11.4. The average molecular weight is 266 g/mol. The Morgan fingerprint density at radius 3 is 2.79 bits per heavy atom. The summed E-state index contributed by atoms with van der Waals surface area (Å²) in [6, 6.07) is -0.498. The third-order valence-electron chi connectivity index (χ3n) is 3.90. The number of urea groups is 1. The van der Waals surface area contributed by atoms with Gasteiger partial charge in [0.05, 0.1) is 0 Å². The molecule has 4 N–H and O–H groups in total. The lowest BCUT2D eigenvalue weighted by Gasteiger charge is -2.34. The van der Waals surface area contributed by atoms with E-state index in [1.54, 1.807) is 0 Å². The molecule has 0 aliphatic carbocycles. The van der Waals surface area contributed by atoms with Gasteiger partial charge in [-0.1, -0.05) is 0 Å².